The van der Waals surface area contributed by atoms with Crippen LogP contribution in [0.5, 0.6) is 5.75 Å². The first-order valence-electron chi connectivity index (χ1n) is 7.89. The Kier molecular flexibility index (Phi) is 5.85. The van der Waals surface area contributed by atoms with Crippen molar-refractivity contribution < 1.29 is 18.7 Å². The lowest BCUT2D eigenvalue weighted by atomic mass is 10.2. The highest BCUT2D eigenvalue weighted by Gasteiger charge is 2.34. The molecule has 1 aromatic heterocycles. The number of para-hydroxylation sites is 1. The number of ether oxygens (including phenoxy) is 1. The van der Waals surface area contributed by atoms with Crippen LogP contribution in [0.4, 0.5) is 4.79 Å². The number of amides is 2. The van der Waals surface area contributed by atoms with Gasteiger partial charge in [0.15, 0.2) is 0 Å². The smallest absolute Gasteiger partial charge is 0.293 e. The Morgan fingerprint density at radius 2 is 2.08 bits per heavy atom. The Bertz CT molecular complexity index is 873. The zero-order valence-electron chi connectivity index (χ0n) is 14.0. The molecule has 0 unspecified atom stereocenters. The lowest BCUT2D eigenvalue weighted by molar-refractivity contribution is -0.123. The number of allylic oxidation sites excluding steroid dienone is 2. The Balaban J connectivity index is 1.61. The number of carbonyl (C=O) groups is 2. The minimum Gasteiger partial charge on any atom is -0.490 e. The van der Waals surface area contributed by atoms with Crippen molar-refractivity contribution >= 4 is 40.6 Å². The average molecular weight is 390 g/mol. The van der Waals surface area contributed by atoms with Crippen molar-refractivity contribution in [3.05, 3.63) is 70.0 Å². The third kappa shape index (κ3) is 4.39. The van der Waals surface area contributed by atoms with Crippen LogP contribution >= 0.6 is 23.4 Å². The van der Waals surface area contributed by atoms with Gasteiger partial charge in [-0.2, -0.15) is 0 Å². The maximum Gasteiger partial charge on any atom is 0.293 e. The van der Waals surface area contributed by atoms with E-state index in [0.717, 1.165) is 17.3 Å². The normalized spacial score (nSPS) is 16.6. The number of benzene rings is 1. The van der Waals surface area contributed by atoms with Crippen molar-refractivity contribution in [2.75, 3.05) is 13.2 Å². The van der Waals surface area contributed by atoms with Gasteiger partial charge in [-0.05, 0) is 60.7 Å². The number of halogens is 1. The molecule has 1 saturated heterocycles. The fourth-order valence-corrected chi connectivity index (χ4v) is 3.45. The highest BCUT2D eigenvalue weighted by molar-refractivity contribution is 8.18. The van der Waals surface area contributed by atoms with E-state index in [1.807, 2.05) is 13.0 Å². The summed E-state index contributed by atoms with van der Waals surface area (Å²) in [5.74, 6) is 0.884. The molecule has 0 aliphatic carbocycles. The van der Waals surface area contributed by atoms with Gasteiger partial charge in [0.1, 0.15) is 18.1 Å². The van der Waals surface area contributed by atoms with Gasteiger partial charge in [-0.25, -0.2) is 0 Å². The van der Waals surface area contributed by atoms with Gasteiger partial charge in [0, 0.05) is 0 Å². The van der Waals surface area contributed by atoms with E-state index in [1.54, 1.807) is 48.7 Å². The molecule has 1 aliphatic heterocycles. The minimum absolute atomic E-state index is 0.161. The highest BCUT2D eigenvalue weighted by Crippen LogP contribution is 2.31. The quantitative estimate of drug-likeness (QED) is 0.651. The summed E-state index contributed by atoms with van der Waals surface area (Å²) in [6.07, 6.45) is 5.06. The van der Waals surface area contributed by atoms with E-state index in [-0.39, 0.29) is 24.3 Å². The lowest BCUT2D eigenvalue weighted by Gasteiger charge is -2.13. The molecule has 2 amide bonds. The van der Waals surface area contributed by atoms with Gasteiger partial charge in [-0.3, -0.25) is 14.5 Å². The minimum atomic E-state index is -0.324. The molecule has 2 heterocycles. The van der Waals surface area contributed by atoms with E-state index in [0.29, 0.717) is 21.4 Å². The Morgan fingerprint density at radius 1 is 1.27 bits per heavy atom. The number of thioether (sulfide) groups is 1. The Labute approximate surface area is 160 Å². The molecule has 3 rings (SSSR count). The van der Waals surface area contributed by atoms with Crippen molar-refractivity contribution in [3.8, 4) is 5.75 Å². The molecule has 26 heavy (non-hydrogen) atoms. The van der Waals surface area contributed by atoms with E-state index in [2.05, 4.69) is 0 Å². The van der Waals surface area contributed by atoms with Crippen molar-refractivity contribution in [1.82, 2.24) is 4.90 Å². The van der Waals surface area contributed by atoms with Crippen LogP contribution in [-0.2, 0) is 4.79 Å². The third-order valence-electron chi connectivity index (χ3n) is 3.55. The maximum atomic E-state index is 12.4. The number of carbonyl (C=O) groups excluding carboxylic acids is 2. The molecule has 0 spiro atoms. The molecule has 0 saturated carbocycles. The van der Waals surface area contributed by atoms with E-state index in [9.17, 15) is 9.59 Å². The number of imide groups is 1. The van der Waals surface area contributed by atoms with E-state index in [1.165, 1.54) is 4.90 Å². The summed E-state index contributed by atoms with van der Waals surface area (Å²) >= 11 is 6.93. The van der Waals surface area contributed by atoms with Gasteiger partial charge in [-0.1, -0.05) is 23.7 Å². The molecule has 7 heteroatoms. The van der Waals surface area contributed by atoms with Crippen LogP contribution in [0, 0.1) is 0 Å². The Morgan fingerprint density at radius 3 is 2.81 bits per heavy atom. The monoisotopic (exact) mass is 389 g/mol. The first kappa shape index (κ1) is 18.4. The second-order valence-electron chi connectivity index (χ2n) is 5.52. The summed E-state index contributed by atoms with van der Waals surface area (Å²) in [4.78, 5) is 26.1. The van der Waals surface area contributed by atoms with Crippen LogP contribution in [0.25, 0.3) is 6.08 Å². The largest absolute Gasteiger partial charge is 0.490 e. The van der Waals surface area contributed by atoms with Crippen molar-refractivity contribution in [1.29, 1.82) is 0 Å². The first-order chi connectivity index (χ1) is 12.5. The van der Waals surface area contributed by atoms with Crippen molar-refractivity contribution in [2.45, 2.75) is 6.92 Å². The third-order valence-corrected chi connectivity index (χ3v) is 4.77. The molecule has 0 radical (unpaired) electrons. The molecule has 1 aromatic carbocycles. The predicted octanol–water partition coefficient (Wildman–Crippen LogP) is 4.99. The molecule has 134 valence electrons. The molecule has 1 aliphatic rings. The zero-order valence-corrected chi connectivity index (χ0v) is 15.5. The highest BCUT2D eigenvalue weighted by atomic mass is 35.5. The molecule has 2 aromatic rings. The van der Waals surface area contributed by atoms with Gasteiger partial charge in [0.05, 0.1) is 22.7 Å². The maximum absolute atomic E-state index is 12.4. The van der Waals surface area contributed by atoms with E-state index in [4.69, 9.17) is 20.8 Å². The fraction of sp³-hybridized carbons (Fsp3) is 0.158. The van der Waals surface area contributed by atoms with E-state index >= 15 is 0 Å². The molecule has 0 N–H and O–H groups in total. The molecule has 1 fully saturated rings. The van der Waals surface area contributed by atoms with Crippen LogP contribution in [-0.4, -0.2) is 29.2 Å². The summed E-state index contributed by atoms with van der Waals surface area (Å²) in [5.41, 5.74) is 0.817. The summed E-state index contributed by atoms with van der Waals surface area (Å²) in [6, 6.07) is 10.7. The molecular formula is C19H16ClNO4S. The number of hydrogen-bond acceptors (Lipinski definition) is 5. The van der Waals surface area contributed by atoms with Crippen LogP contribution in [0.1, 0.15) is 12.7 Å². The fourth-order valence-electron chi connectivity index (χ4n) is 2.35. The average Bonchev–Trinajstić information content (AvgIpc) is 3.20. The van der Waals surface area contributed by atoms with Gasteiger partial charge in [0.25, 0.3) is 11.1 Å². The SMILES string of the molecule is CC(/C=C1\SC(=O)N(CCOc2ccccc2Cl)C1=O)=C\c1ccco1. The van der Waals surface area contributed by atoms with Crippen molar-refractivity contribution in [2.24, 2.45) is 0 Å². The molecule has 5 nitrogen and oxygen atoms in total. The van der Waals surface area contributed by atoms with E-state index < -0.39 is 0 Å². The van der Waals surface area contributed by atoms with Gasteiger partial charge in [-0.15, -0.1) is 0 Å². The summed E-state index contributed by atoms with van der Waals surface area (Å²) in [5, 5.41) is 0.176. The van der Waals surface area contributed by atoms with Gasteiger partial charge in [0.2, 0.25) is 0 Å². The number of rotatable bonds is 6. The number of nitrogens with zero attached hydrogens (tertiary/aromatic N) is 1. The number of hydrogen-bond donors (Lipinski definition) is 0. The second-order valence-corrected chi connectivity index (χ2v) is 6.92. The zero-order chi connectivity index (χ0) is 18.5. The predicted molar refractivity (Wildman–Crippen MR) is 102 cm³/mol. The molecule has 0 atom stereocenters. The second kappa shape index (κ2) is 8.29. The van der Waals surface area contributed by atoms with Gasteiger partial charge < -0.3 is 9.15 Å². The number of furan rings is 1. The van der Waals surface area contributed by atoms with Crippen LogP contribution in [0.2, 0.25) is 5.02 Å². The topological polar surface area (TPSA) is 59.8 Å². The first-order valence-corrected chi connectivity index (χ1v) is 9.08. The lowest BCUT2D eigenvalue weighted by Crippen LogP contribution is -2.32. The summed E-state index contributed by atoms with van der Waals surface area (Å²) in [7, 11) is 0. The van der Waals surface area contributed by atoms with Crippen molar-refractivity contribution in [3.63, 3.8) is 0 Å². The summed E-state index contributed by atoms with van der Waals surface area (Å²) in [6.45, 7) is 2.18. The molecule has 0 bridgehead atoms. The standard InChI is InChI=1S/C19H16ClNO4S/c1-13(11-14-5-4-9-24-14)12-17-18(22)21(19(23)26-17)8-10-25-16-7-3-2-6-15(16)20/h2-7,9,11-12H,8,10H2,1H3/b13-11+,17-12-. The van der Waals surface area contributed by atoms with Crippen LogP contribution in [0.15, 0.2) is 63.6 Å². The van der Waals surface area contributed by atoms with Crippen LogP contribution < -0.4 is 4.74 Å². The van der Waals surface area contributed by atoms with Gasteiger partial charge >= 0.3 is 0 Å². The summed E-state index contributed by atoms with van der Waals surface area (Å²) < 4.78 is 10.8. The Hall–Kier alpha value is -2.44. The molecular weight excluding hydrogens is 374 g/mol. The van der Waals surface area contributed by atoms with Crippen LogP contribution in [0.3, 0.4) is 0 Å².